The highest BCUT2D eigenvalue weighted by atomic mass is 35.5. The Morgan fingerprint density at radius 1 is 0.941 bits per heavy atom. The number of nitrogen functional groups attached to an aromatic ring is 1. The molecule has 0 bridgehead atoms. The molecule has 1 aliphatic heterocycles. The Balaban J connectivity index is 0.00000136. The lowest BCUT2D eigenvalue weighted by molar-refractivity contribution is 0.313. The SMILES string of the molecule is CN1CCN(c2ncc(-c3cnc(N)c(-c4cc5c(Cl)ccc(F)c5cn4)c3)s2)CC1.Cl.Cl.Cl. The largest absolute Gasteiger partial charge is 0.383 e. The number of piperazine rings is 1. The van der Waals surface area contributed by atoms with Gasteiger partial charge in [0.05, 0.1) is 10.6 Å². The van der Waals surface area contributed by atoms with Gasteiger partial charge in [0.25, 0.3) is 0 Å². The minimum atomic E-state index is -0.362. The van der Waals surface area contributed by atoms with Gasteiger partial charge in [0, 0.05) is 71.7 Å². The van der Waals surface area contributed by atoms with E-state index in [0.29, 0.717) is 32.9 Å². The third kappa shape index (κ3) is 5.48. The molecular formula is C22H23Cl4FN6S. The molecule has 3 aromatic heterocycles. The lowest BCUT2D eigenvalue weighted by Crippen LogP contribution is -2.44. The molecule has 1 aliphatic rings. The third-order valence-electron chi connectivity index (χ3n) is 5.54. The molecule has 0 unspecified atom stereocenters. The lowest BCUT2D eigenvalue weighted by Gasteiger charge is -2.32. The molecule has 12 heteroatoms. The van der Waals surface area contributed by atoms with Crippen LogP contribution in [0, 0.1) is 5.82 Å². The summed E-state index contributed by atoms with van der Waals surface area (Å²) in [5.74, 6) is -0.00803. The molecule has 34 heavy (non-hydrogen) atoms. The highest BCUT2D eigenvalue weighted by Gasteiger charge is 2.18. The Bertz CT molecular complexity index is 1280. The van der Waals surface area contributed by atoms with Crippen molar-refractivity contribution in [1.82, 2.24) is 19.9 Å². The first-order valence-corrected chi connectivity index (χ1v) is 11.1. The van der Waals surface area contributed by atoms with Crippen LogP contribution in [0.3, 0.4) is 0 Å². The van der Waals surface area contributed by atoms with Gasteiger partial charge in [-0.2, -0.15) is 0 Å². The molecule has 0 saturated carbocycles. The zero-order valence-corrected chi connectivity index (χ0v) is 22.1. The van der Waals surface area contributed by atoms with Crippen LogP contribution in [0.5, 0.6) is 0 Å². The van der Waals surface area contributed by atoms with Gasteiger partial charge in [-0.25, -0.2) is 14.4 Å². The van der Waals surface area contributed by atoms with E-state index in [9.17, 15) is 4.39 Å². The van der Waals surface area contributed by atoms with Gasteiger partial charge in [0.15, 0.2) is 5.13 Å². The number of thiazole rings is 1. The maximum Gasteiger partial charge on any atom is 0.185 e. The molecule has 1 saturated heterocycles. The Labute approximate surface area is 224 Å². The van der Waals surface area contributed by atoms with Crippen molar-refractivity contribution in [2.75, 3.05) is 43.9 Å². The summed E-state index contributed by atoms with van der Waals surface area (Å²) in [6, 6.07) is 6.58. The van der Waals surface area contributed by atoms with Crippen molar-refractivity contribution in [3.63, 3.8) is 0 Å². The monoisotopic (exact) mass is 562 g/mol. The number of aromatic nitrogens is 3. The predicted molar refractivity (Wildman–Crippen MR) is 147 cm³/mol. The molecule has 5 rings (SSSR count). The maximum atomic E-state index is 14.1. The summed E-state index contributed by atoms with van der Waals surface area (Å²) in [5, 5.41) is 2.43. The average molecular weight is 564 g/mol. The van der Waals surface area contributed by atoms with Crippen molar-refractivity contribution >= 4 is 81.9 Å². The summed E-state index contributed by atoms with van der Waals surface area (Å²) < 4.78 is 14.1. The summed E-state index contributed by atoms with van der Waals surface area (Å²) in [6.45, 7) is 3.98. The summed E-state index contributed by atoms with van der Waals surface area (Å²) >= 11 is 7.92. The van der Waals surface area contributed by atoms with E-state index in [4.69, 9.17) is 17.3 Å². The van der Waals surface area contributed by atoms with Crippen molar-refractivity contribution in [3.05, 3.63) is 53.7 Å². The quantitative estimate of drug-likeness (QED) is 0.339. The Morgan fingerprint density at radius 2 is 1.68 bits per heavy atom. The maximum absolute atomic E-state index is 14.1. The van der Waals surface area contributed by atoms with Crippen molar-refractivity contribution in [3.8, 4) is 21.7 Å². The number of halogens is 5. The van der Waals surface area contributed by atoms with E-state index in [0.717, 1.165) is 41.8 Å². The molecular weight excluding hydrogens is 541 g/mol. The molecule has 6 nitrogen and oxygen atoms in total. The summed E-state index contributed by atoms with van der Waals surface area (Å²) in [4.78, 5) is 19.0. The van der Waals surface area contributed by atoms with E-state index in [1.807, 2.05) is 12.3 Å². The molecule has 2 N–H and O–H groups in total. The molecule has 0 aliphatic carbocycles. The van der Waals surface area contributed by atoms with Crippen molar-refractivity contribution in [1.29, 1.82) is 0 Å². The van der Waals surface area contributed by atoms with E-state index in [2.05, 4.69) is 31.8 Å². The zero-order valence-electron chi connectivity index (χ0n) is 18.1. The number of rotatable bonds is 3. The molecule has 182 valence electrons. The van der Waals surface area contributed by atoms with Gasteiger partial charge in [0.1, 0.15) is 11.6 Å². The topological polar surface area (TPSA) is 71.2 Å². The number of hydrogen-bond acceptors (Lipinski definition) is 7. The van der Waals surface area contributed by atoms with Crippen LogP contribution in [0.4, 0.5) is 15.3 Å². The molecule has 0 spiro atoms. The van der Waals surface area contributed by atoms with Gasteiger partial charge in [-0.1, -0.05) is 22.9 Å². The molecule has 0 atom stereocenters. The van der Waals surface area contributed by atoms with E-state index < -0.39 is 0 Å². The Hall–Kier alpha value is -1.94. The molecule has 0 radical (unpaired) electrons. The van der Waals surface area contributed by atoms with Gasteiger partial charge < -0.3 is 15.5 Å². The van der Waals surface area contributed by atoms with Crippen LogP contribution in [-0.2, 0) is 0 Å². The summed E-state index contributed by atoms with van der Waals surface area (Å²) in [5.41, 5.74) is 8.34. The number of hydrogen-bond donors (Lipinski definition) is 1. The highest BCUT2D eigenvalue weighted by Crippen LogP contribution is 2.36. The second-order valence-electron chi connectivity index (χ2n) is 7.60. The van der Waals surface area contributed by atoms with Crippen LogP contribution in [0.25, 0.3) is 32.5 Å². The van der Waals surface area contributed by atoms with E-state index in [1.54, 1.807) is 23.6 Å². The van der Waals surface area contributed by atoms with Crippen LogP contribution < -0.4 is 10.6 Å². The fraction of sp³-hybridized carbons (Fsp3) is 0.227. The van der Waals surface area contributed by atoms with Gasteiger partial charge in [-0.3, -0.25) is 4.98 Å². The van der Waals surface area contributed by atoms with Crippen molar-refractivity contribution < 1.29 is 4.39 Å². The first kappa shape index (κ1) is 28.3. The van der Waals surface area contributed by atoms with Gasteiger partial charge >= 0.3 is 0 Å². The number of pyridine rings is 2. The minimum absolute atomic E-state index is 0. The van der Waals surface area contributed by atoms with Crippen LogP contribution in [-0.4, -0.2) is 53.1 Å². The van der Waals surface area contributed by atoms with Gasteiger partial charge in [-0.15, -0.1) is 37.2 Å². The van der Waals surface area contributed by atoms with Crippen LogP contribution >= 0.6 is 60.2 Å². The van der Waals surface area contributed by atoms with Crippen molar-refractivity contribution in [2.45, 2.75) is 0 Å². The summed E-state index contributed by atoms with van der Waals surface area (Å²) in [6.07, 6.45) is 5.10. The number of anilines is 2. The minimum Gasteiger partial charge on any atom is -0.383 e. The third-order valence-corrected chi connectivity index (χ3v) is 6.98. The van der Waals surface area contributed by atoms with Gasteiger partial charge in [0.2, 0.25) is 0 Å². The molecule has 1 aromatic carbocycles. The fourth-order valence-electron chi connectivity index (χ4n) is 3.67. The number of fused-ring (bicyclic) bond motifs is 1. The lowest BCUT2D eigenvalue weighted by atomic mass is 10.1. The second kappa shape index (κ2) is 11.7. The number of nitrogens with zero attached hydrogens (tertiary/aromatic N) is 5. The molecule has 4 heterocycles. The Morgan fingerprint density at radius 3 is 2.41 bits per heavy atom. The second-order valence-corrected chi connectivity index (χ2v) is 9.01. The van der Waals surface area contributed by atoms with Crippen LogP contribution in [0.1, 0.15) is 0 Å². The Kier molecular flexibility index (Phi) is 9.71. The normalized spacial score (nSPS) is 13.7. The van der Waals surface area contributed by atoms with Gasteiger partial charge in [-0.05, 0) is 31.3 Å². The number of nitrogens with two attached hydrogens (primary N) is 1. The first-order chi connectivity index (χ1) is 15.0. The summed E-state index contributed by atoms with van der Waals surface area (Å²) in [7, 11) is 2.13. The highest BCUT2D eigenvalue weighted by molar-refractivity contribution is 7.18. The zero-order chi connectivity index (χ0) is 21.5. The van der Waals surface area contributed by atoms with E-state index in [1.165, 1.54) is 18.3 Å². The molecule has 1 fully saturated rings. The number of likely N-dealkylation sites (N-methyl/N-ethyl adjacent to an activating group) is 1. The smallest absolute Gasteiger partial charge is 0.185 e. The fourth-order valence-corrected chi connectivity index (χ4v) is 4.84. The van der Waals surface area contributed by atoms with E-state index in [-0.39, 0.29) is 43.0 Å². The molecule has 0 amide bonds. The number of benzene rings is 1. The predicted octanol–water partition coefficient (Wildman–Crippen LogP) is 5.81. The first-order valence-electron chi connectivity index (χ1n) is 9.89. The van der Waals surface area contributed by atoms with Crippen molar-refractivity contribution in [2.24, 2.45) is 0 Å². The standard InChI is InChI=1S/C22H20ClFN6S.3ClH/c1-29-4-6-30(7-5-29)22-28-12-20(31-22)13-8-15(21(25)27-10-13)19-9-14-16(11-26-19)18(24)3-2-17(14)23;;;/h2-3,8-12H,4-7H2,1H3,(H2,25,27);3*1H. The average Bonchev–Trinajstić information content (AvgIpc) is 3.27. The molecule has 4 aromatic rings. The van der Waals surface area contributed by atoms with Crippen LogP contribution in [0.15, 0.2) is 42.9 Å². The van der Waals surface area contributed by atoms with E-state index >= 15 is 0 Å². The van der Waals surface area contributed by atoms with Crippen LogP contribution in [0.2, 0.25) is 5.02 Å².